The van der Waals surface area contributed by atoms with Gasteiger partial charge in [-0.3, -0.25) is 9.59 Å². The third-order valence-electron chi connectivity index (χ3n) is 5.86. The predicted molar refractivity (Wildman–Crippen MR) is 89.8 cm³/mol. The van der Waals surface area contributed by atoms with E-state index < -0.39 is 0 Å². The Balaban J connectivity index is 1.50. The molecule has 2 atom stereocenters. The molecule has 128 valence electrons. The summed E-state index contributed by atoms with van der Waals surface area (Å²) >= 11 is 0. The summed E-state index contributed by atoms with van der Waals surface area (Å²) in [7, 11) is 1.65. The maximum atomic E-state index is 13.2. The average Bonchev–Trinajstić information content (AvgIpc) is 3.35. The van der Waals surface area contributed by atoms with Gasteiger partial charge in [-0.05, 0) is 49.3 Å². The molecule has 2 amide bonds. The number of benzene rings is 1. The van der Waals surface area contributed by atoms with Gasteiger partial charge in [0.15, 0.2) is 0 Å². The van der Waals surface area contributed by atoms with Crippen LogP contribution in [0.15, 0.2) is 24.3 Å². The summed E-state index contributed by atoms with van der Waals surface area (Å²) in [6.45, 7) is 1.44. The lowest BCUT2D eigenvalue weighted by atomic mass is 9.94. The predicted octanol–water partition coefficient (Wildman–Crippen LogP) is 1.85. The maximum absolute atomic E-state index is 13.2. The van der Waals surface area contributed by atoms with Crippen molar-refractivity contribution in [3.05, 3.63) is 29.8 Å². The summed E-state index contributed by atoms with van der Waals surface area (Å²) in [5, 5.41) is 3.10. The fraction of sp³-hybridized carbons (Fsp3) is 0.579. The van der Waals surface area contributed by atoms with Gasteiger partial charge in [0.05, 0.1) is 18.6 Å². The first-order valence-electron chi connectivity index (χ1n) is 8.86. The van der Waals surface area contributed by atoms with Crippen molar-refractivity contribution >= 4 is 11.8 Å². The molecule has 0 radical (unpaired) electrons. The standard InChI is InChI=1S/C19H24N2O3/c1-24-15-7-5-14(6-8-15)19(9-10-19)18(23)21-11-13-3-2-4-17(22)20-16(13)12-21/h5-8,13,16H,2-4,9-12H2,1H3,(H,20,22). The van der Waals surface area contributed by atoms with Gasteiger partial charge < -0.3 is 15.0 Å². The van der Waals surface area contributed by atoms with E-state index in [2.05, 4.69) is 5.32 Å². The number of methoxy groups -OCH3 is 1. The topological polar surface area (TPSA) is 58.6 Å². The highest BCUT2D eigenvalue weighted by Gasteiger charge is 2.54. The van der Waals surface area contributed by atoms with Crippen molar-refractivity contribution in [3.63, 3.8) is 0 Å². The van der Waals surface area contributed by atoms with Gasteiger partial charge in [-0.15, -0.1) is 0 Å². The van der Waals surface area contributed by atoms with E-state index >= 15 is 0 Å². The van der Waals surface area contributed by atoms with Crippen LogP contribution in [0.2, 0.25) is 0 Å². The lowest BCUT2D eigenvalue weighted by Crippen LogP contribution is -2.41. The van der Waals surface area contributed by atoms with Crippen LogP contribution in [-0.2, 0) is 15.0 Å². The summed E-state index contributed by atoms with van der Waals surface area (Å²) in [4.78, 5) is 26.9. The highest BCUT2D eigenvalue weighted by molar-refractivity contribution is 5.91. The zero-order valence-corrected chi connectivity index (χ0v) is 14.1. The number of hydrogen-bond donors (Lipinski definition) is 1. The summed E-state index contributed by atoms with van der Waals surface area (Å²) in [6.07, 6.45) is 4.41. The van der Waals surface area contributed by atoms with Gasteiger partial charge in [-0.25, -0.2) is 0 Å². The van der Waals surface area contributed by atoms with Crippen molar-refractivity contribution in [2.24, 2.45) is 5.92 Å². The number of carbonyl (C=O) groups is 2. The van der Waals surface area contributed by atoms with Gasteiger partial charge in [0.1, 0.15) is 5.75 Å². The van der Waals surface area contributed by atoms with Crippen LogP contribution in [0.4, 0.5) is 0 Å². The summed E-state index contributed by atoms with van der Waals surface area (Å²) in [5.41, 5.74) is 0.740. The van der Waals surface area contributed by atoms with Gasteiger partial charge >= 0.3 is 0 Å². The number of fused-ring (bicyclic) bond motifs is 1. The third kappa shape index (κ3) is 2.56. The maximum Gasteiger partial charge on any atom is 0.233 e. The Labute approximate surface area is 142 Å². The number of ether oxygens (including phenoxy) is 1. The highest BCUT2D eigenvalue weighted by atomic mass is 16.5. The molecule has 3 fully saturated rings. The minimum Gasteiger partial charge on any atom is -0.497 e. The Morgan fingerprint density at radius 2 is 2.00 bits per heavy atom. The Morgan fingerprint density at radius 3 is 2.67 bits per heavy atom. The van der Waals surface area contributed by atoms with Gasteiger partial charge in [0.2, 0.25) is 11.8 Å². The summed E-state index contributed by atoms with van der Waals surface area (Å²) in [6, 6.07) is 8.02. The zero-order valence-electron chi connectivity index (χ0n) is 14.1. The van der Waals surface area contributed by atoms with Crippen molar-refractivity contribution < 1.29 is 14.3 Å². The minimum atomic E-state index is -0.347. The summed E-state index contributed by atoms with van der Waals surface area (Å²) in [5.74, 6) is 1.59. The number of carbonyl (C=O) groups excluding carboxylic acids is 2. The van der Waals surface area contributed by atoms with Crippen molar-refractivity contribution in [2.75, 3.05) is 20.2 Å². The average molecular weight is 328 g/mol. The van der Waals surface area contributed by atoms with Gasteiger partial charge in [-0.2, -0.15) is 0 Å². The molecule has 1 aliphatic carbocycles. The largest absolute Gasteiger partial charge is 0.497 e. The molecular formula is C19H24N2O3. The van der Waals surface area contributed by atoms with E-state index in [0.717, 1.165) is 43.5 Å². The van der Waals surface area contributed by atoms with Crippen LogP contribution in [0.25, 0.3) is 0 Å². The molecule has 2 aliphatic heterocycles. The highest BCUT2D eigenvalue weighted by Crippen LogP contribution is 2.50. The molecule has 1 saturated carbocycles. The first-order chi connectivity index (χ1) is 11.6. The van der Waals surface area contributed by atoms with Crippen molar-refractivity contribution in [1.29, 1.82) is 0 Å². The smallest absolute Gasteiger partial charge is 0.233 e. The number of rotatable bonds is 3. The second-order valence-electron chi connectivity index (χ2n) is 7.35. The number of nitrogens with one attached hydrogen (secondary N) is 1. The first kappa shape index (κ1) is 15.5. The quantitative estimate of drug-likeness (QED) is 0.921. The van der Waals surface area contributed by atoms with Crippen LogP contribution in [-0.4, -0.2) is 43.0 Å². The van der Waals surface area contributed by atoms with Crippen molar-refractivity contribution in [2.45, 2.75) is 43.6 Å². The van der Waals surface area contributed by atoms with Crippen LogP contribution < -0.4 is 10.1 Å². The Morgan fingerprint density at radius 1 is 1.25 bits per heavy atom. The number of amides is 2. The molecule has 5 heteroatoms. The van der Waals surface area contributed by atoms with Crippen LogP contribution >= 0.6 is 0 Å². The number of nitrogens with zero attached hydrogens (tertiary/aromatic N) is 1. The Kier molecular flexibility index (Phi) is 3.74. The molecule has 1 N–H and O–H groups in total. The van der Waals surface area contributed by atoms with Crippen LogP contribution in [0.5, 0.6) is 5.75 Å². The second kappa shape index (κ2) is 5.80. The molecule has 5 nitrogen and oxygen atoms in total. The van der Waals surface area contributed by atoms with E-state index in [1.807, 2.05) is 29.2 Å². The fourth-order valence-corrected chi connectivity index (χ4v) is 4.26. The number of hydrogen-bond acceptors (Lipinski definition) is 3. The van der Waals surface area contributed by atoms with E-state index in [1.54, 1.807) is 7.11 Å². The van der Waals surface area contributed by atoms with E-state index in [0.29, 0.717) is 18.9 Å². The molecule has 4 rings (SSSR count). The normalized spacial score (nSPS) is 27.9. The van der Waals surface area contributed by atoms with Crippen LogP contribution in [0.1, 0.15) is 37.7 Å². The van der Waals surface area contributed by atoms with Gasteiger partial charge in [0, 0.05) is 19.5 Å². The fourth-order valence-electron chi connectivity index (χ4n) is 4.26. The molecule has 2 saturated heterocycles. The molecule has 2 heterocycles. The molecule has 0 aromatic heterocycles. The SMILES string of the molecule is COc1ccc(C2(C(=O)N3CC4CCCC(=O)NC4C3)CC2)cc1. The third-order valence-corrected chi connectivity index (χ3v) is 5.86. The van der Waals surface area contributed by atoms with Crippen molar-refractivity contribution in [3.8, 4) is 5.75 Å². The van der Waals surface area contributed by atoms with Gasteiger partial charge in [0.25, 0.3) is 0 Å². The minimum absolute atomic E-state index is 0.132. The van der Waals surface area contributed by atoms with Crippen LogP contribution in [0.3, 0.4) is 0 Å². The van der Waals surface area contributed by atoms with E-state index in [-0.39, 0.29) is 23.3 Å². The molecule has 0 bridgehead atoms. The van der Waals surface area contributed by atoms with Crippen molar-refractivity contribution in [1.82, 2.24) is 10.2 Å². The molecule has 24 heavy (non-hydrogen) atoms. The van der Waals surface area contributed by atoms with E-state index in [9.17, 15) is 9.59 Å². The zero-order chi connectivity index (χ0) is 16.7. The van der Waals surface area contributed by atoms with E-state index in [4.69, 9.17) is 4.74 Å². The molecule has 0 spiro atoms. The van der Waals surface area contributed by atoms with E-state index in [1.165, 1.54) is 0 Å². The molecule has 1 aromatic rings. The second-order valence-corrected chi connectivity index (χ2v) is 7.35. The first-order valence-corrected chi connectivity index (χ1v) is 8.86. The lowest BCUT2D eigenvalue weighted by Gasteiger charge is -2.24. The Hall–Kier alpha value is -2.04. The Bertz CT molecular complexity index is 651. The number of likely N-dealkylation sites (tertiary alicyclic amines) is 1. The van der Waals surface area contributed by atoms with Gasteiger partial charge in [-0.1, -0.05) is 12.1 Å². The van der Waals surface area contributed by atoms with Crippen LogP contribution in [0, 0.1) is 5.92 Å². The lowest BCUT2D eigenvalue weighted by molar-refractivity contribution is -0.133. The molecule has 1 aromatic carbocycles. The molecule has 2 unspecified atom stereocenters. The summed E-state index contributed by atoms with van der Waals surface area (Å²) < 4.78 is 5.21. The monoisotopic (exact) mass is 328 g/mol. The molecule has 3 aliphatic rings. The molecular weight excluding hydrogens is 304 g/mol.